The molecule has 0 aromatic heterocycles. The molecule has 1 fully saturated rings. The molecule has 170 valence electrons. The Morgan fingerprint density at radius 2 is 1.65 bits per heavy atom. The van der Waals surface area contributed by atoms with Crippen molar-refractivity contribution in [1.82, 2.24) is 10.6 Å². The summed E-state index contributed by atoms with van der Waals surface area (Å²) in [5.74, 6) is 2.36. The van der Waals surface area contributed by atoms with Crippen LogP contribution >= 0.6 is 24.0 Å². The van der Waals surface area contributed by atoms with Gasteiger partial charge in [0.15, 0.2) is 17.5 Å². The molecule has 1 aliphatic carbocycles. The third-order valence-electron chi connectivity index (χ3n) is 5.33. The molecule has 0 unspecified atom stereocenters. The SMILES string of the molecule is CN=C(NCc1ccc(COC)cc1)NCc1cccc(OC)c1OC1CCCC1.I. The maximum absolute atomic E-state index is 6.32. The topological polar surface area (TPSA) is 64.1 Å². The van der Waals surface area contributed by atoms with Crippen molar-refractivity contribution in [3.05, 3.63) is 59.2 Å². The molecule has 0 aliphatic heterocycles. The van der Waals surface area contributed by atoms with Crippen LogP contribution < -0.4 is 20.1 Å². The molecule has 1 aliphatic rings. The summed E-state index contributed by atoms with van der Waals surface area (Å²) in [6.07, 6.45) is 4.96. The molecule has 0 heterocycles. The minimum Gasteiger partial charge on any atom is -0.493 e. The highest BCUT2D eigenvalue weighted by atomic mass is 127. The smallest absolute Gasteiger partial charge is 0.191 e. The van der Waals surface area contributed by atoms with E-state index >= 15 is 0 Å². The van der Waals surface area contributed by atoms with E-state index in [1.165, 1.54) is 18.4 Å². The number of aliphatic imine (C=N–C) groups is 1. The number of nitrogens with zero attached hydrogens (tertiary/aromatic N) is 1. The Balaban J connectivity index is 0.00000341. The zero-order valence-corrected chi connectivity index (χ0v) is 21.0. The lowest BCUT2D eigenvalue weighted by atomic mass is 10.1. The van der Waals surface area contributed by atoms with Gasteiger partial charge < -0.3 is 24.8 Å². The van der Waals surface area contributed by atoms with E-state index in [0.29, 0.717) is 19.7 Å². The van der Waals surface area contributed by atoms with Gasteiger partial charge in [-0.1, -0.05) is 36.4 Å². The molecule has 0 amide bonds. The summed E-state index contributed by atoms with van der Waals surface area (Å²) in [4.78, 5) is 4.34. The molecule has 3 rings (SSSR count). The Bertz CT molecular complexity index is 821. The van der Waals surface area contributed by atoms with Gasteiger partial charge in [0.1, 0.15) is 0 Å². The predicted molar refractivity (Wildman–Crippen MR) is 135 cm³/mol. The average molecular weight is 539 g/mol. The average Bonchev–Trinajstić information content (AvgIpc) is 3.29. The van der Waals surface area contributed by atoms with Crippen LogP contribution in [0, 0.1) is 0 Å². The highest BCUT2D eigenvalue weighted by Crippen LogP contribution is 2.34. The van der Waals surface area contributed by atoms with Gasteiger partial charge in [-0.2, -0.15) is 0 Å². The van der Waals surface area contributed by atoms with Gasteiger partial charge in [0.25, 0.3) is 0 Å². The Hall–Kier alpha value is -2.00. The molecule has 0 radical (unpaired) electrons. The zero-order valence-electron chi connectivity index (χ0n) is 18.6. The van der Waals surface area contributed by atoms with Gasteiger partial charge in [0.2, 0.25) is 0 Å². The first kappa shape index (κ1) is 25.3. The van der Waals surface area contributed by atoms with Crippen molar-refractivity contribution in [3.63, 3.8) is 0 Å². The third-order valence-corrected chi connectivity index (χ3v) is 5.33. The van der Waals surface area contributed by atoms with E-state index in [1.807, 2.05) is 12.1 Å². The van der Waals surface area contributed by atoms with Crippen LogP contribution in [-0.2, 0) is 24.4 Å². The van der Waals surface area contributed by atoms with E-state index in [4.69, 9.17) is 14.2 Å². The molecule has 2 aromatic carbocycles. The van der Waals surface area contributed by atoms with E-state index in [-0.39, 0.29) is 30.1 Å². The predicted octanol–water partition coefficient (Wildman–Crippen LogP) is 4.65. The first-order valence-corrected chi connectivity index (χ1v) is 10.6. The van der Waals surface area contributed by atoms with Gasteiger partial charge in [-0.05, 0) is 42.9 Å². The maximum Gasteiger partial charge on any atom is 0.191 e. The molecule has 0 bridgehead atoms. The van der Waals surface area contributed by atoms with Crippen molar-refractivity contribution in [3.8, 4) is 11.5 Å². The molecular weight excluding hydrogens is 505 g/mol. The van der Waals surface area contributed by atoms with E-state index in [0.717, 1.165) is 41.4 Å². The lowest BCUT2D eigenvalue weighted by molar-refractivity contribution is 0.185. The highest BCUT2D eigenvalue weighted by molar-refractivity contribution is 14.0. The second kappa shape index (κ2) is 13.4. The highest BCUT2D eigenvalue weighted by Gasteiger charge is 2.20. The van der Waals surface area contributed by atoms with Crippen molar-refractivity contribution in [2.45, 2.75) is 51.5 Å². The maximum atomic E-state index is 6.32. The van der Waals surface area contributed by atoms with Crippen molar-refractivity contribution in [1.29, 1.82) is 0 Å². The molecule has 0 saturated heterocycles. The lowest BCUT2D eigenvalue weighted by Crippen LogP contribution is -2.36. The minimum absolute atomic E-state index is 0. The number of hydrogen-bond acceptors (Lipinski definition) is 4. The van der Waals surface area contributed by atoms with Crippen LogP contribution in [0.15, 0.2) is 47.5 Å². The molecule has 1 saturated carbocycles. The van der Waals surface area contributed by atoms with Crippen LogP contribution in [0.3, 0.4) is 0 Å². The fourth-order valence-corrected chi connectivity index (χ4v) is 3.67. The molecular formula is C24H34IN3O3. The number of hydrogen-bond donors (Lipinski definition) is 2. The van der Waals surface area contributed by atoms with Crippen LogP contribution in [0.5, 0.6) is 11.5 Å². The number of para-hydroxylation sites is 1. The number of ether oxygens (including phenoxy) is 3. The summed E-state index contributed by atoms with van der Waals surface area (Å²) in [6.45, 7) is 1.92. The number of methoxy groups -OCH3 is 2. The van der Waals surface area contributed by atoms with Gasteiger partial charge in [-0.15, -0.1) is 24.0 Å². The van der Waals surface area contributed by atoms with E-state index in [9.17, 15) is 0 Å². The standard InChI is InChI=1S/C24H33N3O3.HI/c1-25-24(26-15-18-11-13-19(14-12-18)17-28-2)27-16-20-7-6-10-22(29-3)23(20)30-21-8-4-5-9-21;/h6-7,10-14,21H,4-5,8-9,15-17H2,1-3H3,(H2,25,26,27);1H. The number of nitrogens with one attached hydrogen (secondary N) is 2. The monoisotopic (exact) mass is 539 g/mol. The molecule has 31 heavy (non-hydrogen) atoms. The Morgan fingerprint density at radius 3 is 2.29 bits per heavy atom. The third kappa shape index (κ3) is 7.57. The fourth-order valence-electron chi connectivity index (χ4n) is 3.67. The molecule has 2 aromatic rings. The van der Waals surface area contributed by atoms with E-state index in [1.54, 1.807) is 21.3 Å². The quantitative estimate of drug-likeness (QED) is 0.276. The number of benzene rings is 2. The van der Waals surface area contributed by atoms with Crippen LogP contribution in [0.1, 0.15) is 42.4 Å². The normalized spacial score (nSPS) is 14.1. The molecule has 7 heteroatoms. The Morgan fingerprint density at radius 1 is 0.968 bits per heavy atom. The largest absolute Gasteiger partial charge is 0.493 e. The van der Waals surface area contributed by atoms with Crippen molar-refractivity contribution < 1.29 is 14.2 Å². The zero-order chi connectivity index (χ0) is 21.2. The Kier molecular flexibility index (Phi) is 10.9. The first-order chi connectivity index (χ1) is 14.7. The second-order valence-electron chi connectivity index (χ2n) is 7.50. The van der Waals surface area contributed by atoms with Gasteiger partial charge in [0.05, 0.1) is 19.8 Å². The summed E-state index contributed by atoms with van der Waals surface area (Å²) in [5.41, 5.74) is 3.41. The molecule has 0 atom stereocenters. The molecule has 2 N–H and O–H groups in total. The molecule has 6 nitrogen and oxygen atoms in total. The summed E-state index contributed by atoms with van der Waals surface area (Å²) in [5, 5.41) is 6.75. The Labute approximate surface area is 202 Å². The first-order valence-electron chi connectivity index (χ1n) is 10.6. The molecule has 0 spiro atoms. The van der Waals surface area contributed by atoms with Crippen LogP contribution in [0.4, 0.5) is 0 Å². The summed E-state index contributed by atoms with van der Waals surface area (Å²) in [7, 11) is 5.17. The fraction of sp³-hybridized carbons (Fsp3) is 0.458. The van der Waals surface area contributed by atoms with Gasteiger partial charge in [0, 0.05) is 32.8 Å². The van der Waals surface area contributed by atoms with Crippen molar-refractivity contribution >= 4 is 29.9 Å². The van der Waals surface area contributed by atoms with Crippen LogP contribution in [0.2, 0.25) is 0 Å². The van der Waals surface area contributed by atoms with Crippen LogP contribution in [0.25, 0.3) is 0 Å². The van der Waals surface area contributed by atoms with Crippen LogP contribution in [-0.4, -0.2) is 33.3 Å². The van der Waals surface area contributed by atoms with Crippen molar-refractivity contribution in [2.24, 2.45) is 4.99 Å². The number of rotatable bonds is 9. The number of guanidine groups is 1. The van der Waals surface area contributed by atoms with E-state index < -0.39 is 0 Å². The second-order valence-corrected chi connectivity index (χ2v) is 7.50. The van der Waals surface area contributed by atoms with Gasteiger partial charge in [-0.25, -0.2) is 0 Å². The van der Waals surface area contributed by atoms with Gasteiger partial charge >= 0.3 is 0 Å². The van der Waals surface area contributed by atoms with Crippen molar-refractivity contribution in [2.75, 3.05) is 21.3 Å². The number of halogens is 1. The summed E-state index contributed by atoms with van der Waals surface area (Å²) < 4.78 is 17.0. The van der Waals surface area contributed by atoms with Gasteiger partial charge in [-0.3, -0.25) is 4.99 Å². The summed E-state index contributed by atoms with van der Waals surface area (Å²) >= 11 is 0. The lowest BCUT2D eigenvalue weighted by Gasteiger charge is -2.20. The van der Waals surface area contributed by atoms with E-state index in [2.05, 4.69) is 46.0 Å². The summed E-state index contributed by atoms with van der Waals surface area (Å²) in [6, 6.07) is 14.4. The minimum atomic E-state index is 0.